The number of nitrogens with two attached hydrogens (primary N) is 1. The molecule has 1 aliphatic heterocycles. The summed E-state index contributed by atoms with van der Waals surface area (Å²) in [6.45, 7) is 5.77. The van der Waals surface area contributed by atoms with Crippen molar-refractivity contribution in [2.75, 3.05) is 32.8 Å². The fourth-order valence-electron chi connectivity index (χ4n) is 7.28. The maximum absolute atomic E-state index is 15.3. The van der Waals surface area contributed by atoms with Crippen LogP contribution in [0.25, 0.3) is 11.1 Å². The minimum absolute atomic E-state index is 0.0505. The number of nitrogens with one attached hydrogen (secondary N) is 5. The molecule has 9 amide bonds. The van der Waals surface area contributed by atoms with Gasteiger partial charge in [-0.25, -0.2) is 8.78 Å². The molecule has 0 spiro atoms. The third kappa shape index (κ3) is 14.4. The number of aromatic nitrogens is 1. The number of nitrogens with zero attached hydrogens (tertiary/aromatic N) is 3. The molecule has 0 saturated heterocycles. The highest BCUT2D eigenvalue weighted by atomic mass is 19.1. The van der Waals surface area contributed by atoms with E-state index in [4.69, 9.17) is 5.73 Å². The molecule has 66 heavy (non-hydrogen) atoms. The van der Waals surface area contributed by atoms with Crippen LogP contribution >= 0.6 is 0 Å². The number of carbonyl (C=O) groups excluding carboxylic acids is 9. The molecule has 0 radical (unpaired) electrons. The van der Waals surface area contributed by atoms with E-state index in [0.717, 1.165) is 42.8 Å². The van der Waals surface area contributed by atoms with E-state index in [9.17, 15) is 52.6 Å². The molecule has 0 fully saturated rings. The Morgan fingerprint density at radius 1 is 0.833 bits per heavy atom. The van der Waals surface area contributed by atoms with Gasteiger partial charge in [0, 0.05) is 68.3 Å². The van der Waals surface area contributed by atoms with Crippen molar-refractivity contribution in [2.24, 2.45) is 11.1 Å². The summed E-state index contributed by atoms with van der Waals surface area (Å²) >= 11 is 0. The molecule has 2 aromatic carbocycles. The lowest BCUT2D eigenvalue weighted by Gasteiger charge is -2.41. The molecule has 0 unspecified atom stereocenters. The van der Waals surface area contributed by atoms with Crippen LogP contribution in [0.2, 0.25) is 0 Å². The van der Waals surface area contributed by atoms with Gasteiger partial charge >= 0.3 is 0 Å². The first-order valence-electron chi connectivity index (χ1n) is 20.9. The number of benzene rings is 2. The summed E-state index contributed by atoms with van der Waals surface area (Å²) in [7, 11) is 0. The molecular weight excluding hydrogens is 865 g/mol. The molecule has 4 atom stereocenters. The van der Waals surface area contributed by atoms with Crippen molar-refractivity contribution in [2.45, 2.75) is 78.2 Å². The number of halogens is 2. The van der Waals surface area contributed by atoms with Gasteiger partial charge in [-0.05, 0) is 48.6 Å². The van der Waals surface area contributed by atoms with Crippen LogP contribution in [0, 0.1) is 17.0 Å². The van der Waals surface area contributed by atoms with Gasteiger partial charge in [0.25, 0.3) is 11.8 Å². The van der Waals surface area contributed by atoms with Crippen LogP contribution in [0.4, 0.5) is 8.78 Å². The number of hydrogen-bond donors (Lipinski definition) is 7. The van der Waals surface area contributed by atoms with Crippen LogP contribution < -0.4 is 32.3 Å². The maximum Gasteiger partial charge on any atom is 0.254 e. The van der Waals surface area contributed by atoms with E-state index < -0.39 is 114 Å². The Kier molecular flexibility index (Phi) is 17.9. The van der Waals surface area contributed by atoms with Crippen molar-refractivity contribution >= 4 is 53.2 Å². The molecule has 1 aromatic heterocycles. The topological polar surface area (TPSA) is 271 Å². The highest BCUT2D eigenvalue weighted by Crippen LogP contribution is 2.41. The first-order valence-corrected chi connectivity index (χ1v) is 20.9. The fraction of sp³-hybridized carbons (Fsp3) is 0.400. The molecule has 0 bridgehead atoms. The molecule has 8 N–H and O–H groups in total. The van der Waals surface area contributed by atoms with Gasteiger partial charge in [0.1, 0.15) is 42.9 Å². The van der Waals surface area contributed by atoms with Gasteiger partial charge in [0.15, 0.2) is 0 Å². The van der Waals surface area contributed by atoms with Crippen molar-refractivity contribution in [1.29, 1.82) is 0 Å². The first kappa shape index (κ1) is 51.3. The monoisotopic (exact) mass is 919 g/mol. The van der Waals surface area contributed by atoms with Gasteiger partial charge in [0.2, 0.25) is 41.4 Å². The zero-order valence-electron chi connectivity index (χ0n) is 37.2. The molecule has 19 nitrogen and oxygen atoms in total. The summed E-state index contributed by atoms with van der Waals surface area (Å²) in [5.74, 6) is -8.59. The number of rotatable bonds is 22. The first-order chi connectivity index (χ1) is 31.1. The standard InChI is InChI=1S/C45H55F2N9O10/c1-26(51-27(2)58)42(64)53-34(21-36(48)59)44(66)52-33(43(65)50-17-16-49-37(60)24-56-38(61)13-14-39(56)62)15-18-55(40(63)25-57)41(45(3,4)5)35-19-29(31-20-30(46)11-12-32(31)47)23-54(35)22-28-9-7-6-8-10-28/h6-14,19-20,23,26,33-34,41,57H,15-18,21-22,24-25H2,1-5H3,(H2,48,59)(H,49,60)(H,50,65)(H,51,58)(H,52,66)(H,53,64)/t26-,33+,34+,41+/m1/s1. The van der Waals surface area contributed by atoms with Crippen LogP contribution in [0.15, 0.2) is 72.9 Å². The lowest BCUT2D eigenvalue weighted by Crippen LogP contribution is -2.57. The molecule has 354 valence electrons. The summed E-state index contributed by atoms with van der Waals surface area (Å²) in [5, 5.41) is 22.6. The lowest BCUT2D eigenvalue weighted by atomic mass is 9.82. The van der Waals surface area contributed by atoms with Crippen molar-refractivity contribution in [1.82, 2.24) is 41.0 Å². The smallest absolute Gasteiger partial charge is 0.254 e. The number of aliphatic hydroxyl groups is 1. The van der Waals surface area contributed by atoms with Crippen molar-refractivity contribution in [3.05, 3.63) is 95.8 Å². The average molecular weight is 920 g/mol. The average Bonchev–Trinajstić information content (AvgIpc) is 3.80. The van der Waals surface area contributed by atoms with Gasteiger partial charge in [-0.15, -0.1) is 0 Å². The summed E-state index contributed by atoms with van der Waals surface area (Å²) < 4.78 is 31.6. The number of primary amides is 1. The highest BCUT2D eigenvalue weighted by molar-refractivity contribution is 6.14. The van der Waals surface area contributed by atoms with E-state index in [1.54, 1.807) is 16.8 Å². The summed E-state index contributed by atoms with van der Waals surface area (Å²) in [5.41, 5.74) is 6.04. The summed E-state index contributed by atoms with van der Waals surface area (Å²) in [4.78, 5) is 117. The Morgan fingerprint density at radius 3 is 2.08 bits per heavy atom. The van der Waals surface area contributed by atoms with E-state index >= 15 is 4.39 Å². The molecular formula is C45H55F2N9O10. The largest absolute Gasteiger partial charge is 0.387 e. The van der Waals surface area contributed by atoms with Crippen LogP contribution in [0.5, 0.6) is 0 Å². The van der Waals surface area contributed by atoms with E-state index in [-0.39, 0.29) is 43.7 Å². The van der Waals surface area contributed by atoms with Crippen molar-refractivity contribution in [3.8, 4) is 11.1 Å². The number of aliphatic hydroxyl groups excluding tert-OH is 1. The predicted molar refractivity (Wildman–Crippen MR) is 234 cm³/mol. The van der Waals surface area contributed by atoms with Crippen molar-refractivity contribution in [3.63, 3.8) is 0 Å². The molecule has 1 aliphatic rings. The second kappa shape index (κ2) is 23.1. The van der Waals surface area contributed by atoms with Gasteiger partial charge in [0.05, 0.1) is 12.5 Å². The molecule has 4 rings (SSSR count). The third-order valence-corrected chi connectivity index (χ3v) is 10.3. The van der Waals surface area contributed by atoms with E-state index in [0.29, 0.717) is 10.6 Å². The highest BCUT2D eigenvalue weighted by Gasteiger charge is 2.38. The van der Waals surface area contributed by atoms with Gasteiger partial charge < -0.3 is 46.9 Å². The zero-order valence-corrected chi connectivity index (χ0v) is 37.2. The molecule has 2 heterocycles. The Morgan fingerprint density at radius 2 is 1.47 bits per heavy atom. The molecule has 0 saturated carbocycles. The minimum Gasteiger partial charge on any atom is -0.387 e. The number of hydrogen-bond acceptors (Lipinski definition) is 10. The summed E-state index contributed by atoms with van der Waals surface area (Å²) in [6.07, 6.45) is 2.56. The van der Waals surface area contributed by atoms with Crippen LogP contribution in [0.1, 0.15) is 64.8 Å². The van der Waals surface area contributed by atoms with Gasteiger partial charge in [-0.3, -0.25) is 48.1 Å². The van der Waals surface area contributed by atoms with Crippen LogP contribution in [0.3, 0.4) is 0 Å². The number of carbonyl (C=O) groups is 9. The van der Waals surface area contributed by atoms with E-state index in [1.165, 1.54) is 11.8 Å². The normalized spacial score (nSPS) is 14.2. The lowest BCUT2D eigenvalue weighted by molar-refractivity contribution is -0.141. The van der Waals surface area contributed by atoms with E-state index in [1.807, 2.05) is 51.1 Å². The Bertz CT molecular complexity index is 2330. The Labute approximate surface area is 379 Å². The predicted octanol–water partition coefficient (Wildman–Crippen LogP) is 0.307. The Balaban J connectivity index is 1.69. The maximum atomic E-state index is 15.3. The quantitative estimate of drug-likeness (QED) is 0.0536. The molecule has 3 aromatic rings. The second-order valence-electron chi connectivity index (χ2n) is 16.6. The summed E-state index contributed by atoms with van der Waals surface area (Å²) in [6, 6.07) is 8.53. The SMILES string of the molecule is CC(=O)N[C@H](C)C(=O)N[C@@H](CC(N)=O)C(=O)N[C@@H](CCN(C(=O)CO)[C@@H](c1cc(-c2cc(F)ccc2F)cn1Cc1ccccc1)C(C)(C)C)C(=O)NCCNC(=O)CN1C(=O)C=CC1=O. The Hall–Kier alpha value is -7.29. The minimum atomic E-state index is -1.65. The number of imide groups is 1. The number of amides is 9. The van der Waals surface area contributed by atoms with Gasteiger partial charge in [-0.2, -0.15) is 0 Å². The second-order valence-corrected chi connectivity index (χ2v) is 16.6. The molecule has 21 heteroatoms. The van der Waals surface area contributed by atoms with Crippen molar-refractivity contribution < 1.29 is 57.0 Å². The van der Waals surface area contributed by atoms with Crippen LogP contribution in [-0.4, -0.2) is 124 Å². The van der Waals surface area contributed by atoms with Gasteiger partial charge in [-0.1, -0.05) is 51.1 Å². The molecule has 0 aliphatic carbocycles. The fourth-order valence-corrected chi connectivity index (χ4v) is 7.28. The van der Waals surface area contributed by atoms with Crippen LogP contribution in [-0.2, 0) is 49.7 Å². The zero-order chi connectivity index (χ0) is 48.9. The third-order valence-electron chi connectivity index (χ3n) is 10.3. The van der Waals surface area contributed by atoms with E-state index in [2.05, 4.69) is 26.6 Å².